The van der Waals surface area contributed by atoms with Gasteiger partial charge in [0.1, 0.15) is 0 Å². The Kier molecular flexibility index (Phi) is 2.27. The Labute approximate surface area is 102 Å². The quantitative estimate of drug-likeness (QED) is 0.593. The Bertz CT molecular complexity index is 720. The maximum atomic E-state index is 11.9. The van der Waals surface area contributed by atoms with Gasteiger partial charge in [0.05, 0.1) is 6.04 Å². The zero-order valence-corrected chi connectivity index (χ0v) is 10.1. The van der Waals surface area contributed by atoms with Gasteiger partial charge < -0.3 is 15.6 Å². The van der Waals surface area contributed by atoms with Crippen LogP contribution >= 0.6 is 0 Å². The highest BCUT2D eigenvalue weighted by Crippen LogP contribution is 2.10. The van der Waals surface area contributed by atoms with Gasteiger partial charge in [-0.1, -0.05) is 0 Å². The molecule has 1 fully saturated rings. The van der Waals surface area contributed by atoms with Crippen molar-refractivity contribution in [3.05, 3.63) is 20.8 Å². The monoisotopic (exact) mass is 250 g/mol. The number of imidazole rings is 1. The maximum absolute atomic E-state index is 11.9. The van der Waals surface area contributed by atoms with Gasteiger partial charge in [0, 0.05) is 27.2 Å². The molecule has 2 aromatic heterocycles. The third-order valence-electron chi connectivity index (χ3n) is 3.22. The van der Waals surface area contributed by atoms with Crippen LogP contribution in [0, 0.1) is 0 Å². The Hall–Kier alpha value is -2.09. The molecule has 3 heterocycles. The molecule has 3 rings (SSSR count). The zero-order chi connectivity index (χ0) is 12.9. The molecule has 0 bridgehead atoms. The van der Waals surface area contributed by atoms with E-state index >= 15 is 0 Å². The molecule has 0 aliphatic carbocycles. The van der Waals surface area contributed by atoms with Crippen LogP contribution < -0.4 is 21.9 Å². The highest BCUT2D eigenvalue weighted by Gasteiger charge is 2.19. The minimum absolute atomic E-state index is 0.312. The lowest BCUT2D eigenvalue weighted by Crippen LogP contribution is -2.51. The molecule has 0 unspecified atom stereocenters. The summed E-state index contributed by atoms with van der Waals surface area (Å²) in [6.45, 7) is 1.74. The number of nitrogens with one attached hydrogen (secondary N) is 3. The van der Waals surface area contributed by atoms with E-state index in [-0.39, 0.29) is 11.2 Å². The predicted molar refractivity (Wildman–Crippen MR) is 66.9 cm³/mol. The summed E-state index contributed by atoms with van der Waals surface area (Å²) in [5.74, 6) is 0.523. The van der Waals surface area contributed by atoms with Gasteiger partial charge in [-0.3, -0.25) is 13.9 Å². The highest BCUT2D eigenvalue weighted by atomic mass is 16.2. The summed E-state index contributed by atoms with van der Waals surface area (Å²) in [7, 11) is 3.05. The van der Waals surface area contributed by atoms with Crippen LogP contribution in [0.3, 0.4) is 0 Å². The van der Waals surface area contributed by atoms with Crippen molar-refractivity contribution in [2.45, 2.75) is 6.04 Å². The van der Waals surface area contributed by atoms with Gasteiger partial charge >= 0.3 is 5.69 Å². The van der Waals surface area contributed by atoms with Crippen LogP contribution in [0.2, 0.25) is 0 Å². The van der Waals surface area contributed by atoms with E-state index in [0.29, 0.717) is 23.2 Å². The van der Waals surface area contributed by atoms with Crippen LogP contribution in [0.25, 0.3) is 11.2 Å². The summed E-state index contributed by atoms with van der Waals surface area (Å²) in [6.07, 6.45) is 0. The number of aryl methyl sites for hydroxylation is 1. The maximum Gasteiger partial charge on any atom is 0.332 e. The van der Waals surface area contributed by atoms with Crippen LogP contribution in [0.5, 0.6) is 0 Å². The molecule has 0 radical (unpaired) electrons. The van der Waals surface area contributed by atoms with Gasteiger partial charge in [-0.2, -0.15) is 4.98 Å². The molecule has 96 valence electrons. The Morgan fingerprint density at radius 2 is 2.00 bits per heavy atom. The van der Waals surface area contributed by atoms with E-state index in [1.54, 1.807) is 7.05 Å². The fourth-order valence-corrected chi connectivity index (χ4v) is 1.98. The lowest BCUT2D eigenvalue weighted by atomic mass is 10.2. The van der Waals surface area contributed by atoms with E-state index in [2.05, 4.69) is 20.6 Å². The van der Waals surface area contributed by atoms with Crippen LogP contribution in [-0.2, 0) is 14.1 Å². The molecule has 1 saturated heterocycles. The lowest BCUT2D eigenvalue weighted by Gasteiger charge is -2.27. The number of hydrogen-bond acceptors (Lipinski definition) is 5. The first-order valence-corrected chi connectivity index (χ1v) is 5.71. The summed E-state index contributed by atoms with van der Waals surface area (Å²) in [6, 6.07) is 0.312. The van der Waals surface area contributed by atoms with Crippen molar-refractivity contribution >= 4 is 17.1 Å². The summed E-state index contributed by atoms with van der Waals surface area (Å²) in [5, 5.41) is 6.30. The topological polar surface area (TPSA) is 96.7 Å². The Morgan fingerprint density at radius 1 is 1.28 bits per heavy atom. The van der Waals surface area contributed by atoms with E-state index < -0.39 is 0 Å². The van der Waals surface area contributed by atoms with Gasteiger partial charge in [0.15, 0.2) is 11.2 Å². The van der Waals surface area contributed by atoms with Gasteiger partial charge in [-0.25, -0.2) is 4.79 Å². The normalized spacial score (nSPS) is 15.9. The summed E-state index contributed by atoms with van der Waals surface area (Å²) in [4.78, 5) is 30.8. The highest BCUT2D eigenvalue weighted by molar-refractivity contribution is 5.72. The minimum Gasteiger partial charge on any atom is -0.350 e. The van der Waals surface area contributed by atoms with Gasteiger partial charge in [-0.05, 0) is 0 Å². The second kappa shape index (κ2) is 3.70. The SMILES string of the molecule is Cn1c(=O)c2[nH]c(NC3CNC3)nc2n(C)c1=O. The number of aromatic amines is 1. The predicted octanol–water partition coefficient (Wildman–Crippen LogP) is -1.66. The van der Waals surface area contributed by atoms with Crippen molar-refractivity contribution < 1.29 is 0 Å². The molecule has 0 spiro atoms. The van der Waals surface area contributed by atoms with Crippen LogP contribution in [0.4, 0.5) is 5.95 Å². The number of hydrogen-bond donors (Lipinski definition) is 3. The van der Waals surface area contributed by atoms with Gasteiger partial charge in [0.25, 0.3) is 5.56 Å². The summed E-state index contributed by atoms with van der Waals surface area (Å²) in [5.41, 5.74) is -0.0245. The smallest absolute Gasteiger partial charge is 0.332 e. The van der Waals surface area contributed by atoms with E-state index in [1.165, 1.54) is 11.6 Å². The van der Waals surface area contributed by atoms with Crippen LogP contribution in [0.15, 0.2) is 9.59 Å². The molecule has 0 atom stereocenters. The molecule has 0 saturated carbocycles. The van der Waals surface area contributed by atoms with Gasteiger partial charge in [-0.15, -0.1) is 0 Å². The van der Waals surface area contributed by atoms with Crippen LogP contribution in [0.1, 0.15) is 0 Å². The lowest BCUT2D eigenvalue weighted by molar-refractivity contribution is 0.470. The Balaban J connectivity index is 2.16. The van der Waals surface area contributed by atoms with Gasteiger partial charge in [0.2, 0.25) is 5.95 Å². The standard InChI is InChI=1S/C10H14N6O2/c1-15-7-6(8(17)16(2)10(15)18)13-9(14-7)12-5-3-11-4-5/h5,11H,3-4H2,1-2H3,(H2,12,13,14). The van der Waals surface area contributed by atoms with E-state index in [0.717, 1.165) is 17.7 Å². The molecule has 0 amide bonds. The molecular formula is C10H14N6O2. The molecule has 8 nitrogen and oxygen atoms in total. The Morgan fingerprint density at radius 3 is 2.61 bits per heavy atom. The second-order valence-corrected chi connectivity index (χ2v) is 4.49. The van der Waals surface area contributed by atoms with Crippen molar-refractivity contribution in [3.63, 3.8) is 0 Å². The average molecular weight is 250 g/mol. The van der Waals surface area contributed by atoms with Crippen molar-refractivity contribution in [1.82, 2.24) is 24.4 Å². The molecule has 2 aromatic rings. The first-order chi connectivity index (χ1) is 8.58. The van der Waals surface area contributed by atoms with Crippen molar-refractivity contribution in [2.75, 3.05) is 18.4 Å². The number of H-pyrrole nitrogens is 1. The molecule has 1 aliphatic rings. The first-order valence-electron chi connectivity index (χ1n) is 5.71. The molecular weight excluding hydrogens is 236 g/mol. The summed E-state index contributed by atoms with van der Waals surface area (Å²) >= 11 is 0. The van der Waals surface area contributed by atoms with Crippen LogP contribution in [-0.4, -0.2) is 38.2 Å². The number of anilines is 1. The van der Waals surface area contributed by atoms with Crippen molar-refractivity contribution in [3.8, 4) is 0 Å². The largest absolute Gasteiger partial charge is 0.350 e. The molecule has 18 heavy (non-hydrogen) atoms. The molecule has 0 aromatic carbocycles. The summed E-state index contributed by atoms with van der Waals surface area (Å²) < 4.78 is 2.42. The molecule has 8 heteroatoms. The third kappa shape index (κ3) is 1.46. The average Bonchev–Trinajstić information content (AvgIpc) is 2.73. The van der Waals surface area contributed by atoms with E-state index in [1.807, 2.05) is 0 Å². The second-order valence-electron chi connectivity index (χ2n) is 4.49. The van der Waals surface area contributed by atoms with Crippen molar-refractivity contribution in [2.24, 2.45) is 14.1 Å². The van der Waals surface area contributed by atoms with E-state index in [4.69, 9.17) is 0 Å². The fourth-order valence-electron chi connectivity index (χ4n) is 1.98. The van der Waals surface area contributed by atoms with E-state index in [9.17, 15) is 9.59 Å². The number of rotatable bonds is 2. The number of nitrogens with zero attached hydrogens (tertiary/aromatic N) is 3. The number of aromatic nitrogens is 4. The molecule has 1 aliphatic heterocycles. The third-order valence-corrected chi connectivity index (χ3v) is 3.22. The first kappa shape index (κ1) is 11.0. The zero-order valence-electron chi connectivity index (χ0n) is 10.1. The fraction of sp³-hybridized carbons (Fsp3) is 0.500. The van der Waals surface area contributed by atoms with Crippen molar-refractivity contribution in [1.29, 1.82) is 0 Å². The minimum atomic E-state index is -0.379. The number of fused-ring (bicyclic) bond motifs is 1. The molecule has 3 N–H and O–H groups in total.